The highest BCUT2D eigenvalue weighted by atomic mass is 79.9. The largest absolute Gasteiger partial charge is 0.478 e. The second-order valence-electron chi connectivity index (χ2n) is 3.80. The normalized spacial score (nSPS) is 10.2. The summed E-state index contributed by atoms with van der Waals surface area (Å²) in [7, 11) is 0. The number of aromatic carboxylic acids is 1. The molecule has 0 radical (unpaired) electrons. The third-order valence-corrected chi connectivity index (χ3v) is 4.11. The van der Waals surface area contributed by atoms with Gasteiger partial charge in [0.15, 0.2) is 0 Å². The average molecular weight is 354 g/mol. The summed E-state index contributed by atoms with van der Waals surface area (Å²) >= 11 is 4.61. The van der Waals surface area contributed by atoms with Crippen molar-refractivity contribution >= 4 is 39.3 Å². The number of carbonyl (C=O) groups is 1. The predicted molar refractivity (Wildman–Crippen MR) is 78.3 cm³/mol. The lowest BCUT2D eigenvalue weighted by atomic mass is 10.2. The standard InChI is InChI=1S/C13H8BrNO4S/c14-12-7-10(5-6-11(12)13(16)17)20-9-3-1-8(2-4-9)15(18)19/h1-7H,(H,16,17). The maximum Gasteiger partial charge on any atom is 0.336 e. The van der Waals surface area contributed by atoms with E-state index in [1.165, 1.54) is 30.0 Å². The molecule has 0 saturated carbocycles. The highest BCUT2D eigenvalue weighted by Gasteiger charge is 2.10. The van der Waals surface area contributed by atoms with Crippen molar-refractivity contribution in [2.24, 2.45) is 0 Å². The Bertz CT molecular complexity index is 673. The van der Waals surface area contributed by atoms with Gasteiger partial charge in [-0.25, -0.2) is 4.79 Å². The fourth-order valence-electron chi connectivity index (χ4n) is 1.50. The Hall–Kier alpha value is -1.86. The number of hydrogen-bond acceptors (Lipinski definition) is 4. The number of halogens is 1. The van der Waals surface area contributed by atoms with Crippen LogP contribution in [0.25, 0.3) is 0 Å². The van der Waals surface area contributed by atoms with Crippen LogP contribution < -0.4 is 0 Å². The first kappa shape index (κ1) is 14.5. The Morgan fingerprint density at radius 1 is 1.15 bits per heavy atom. The molecule has 20 heavy (non-hydrogen) atoms. The highest BCUT2D eigenvalue weighted by molar-refractivity contribution is 9.10. The van der Waals surface area contributed by atoms with Crippen molar-refractivity contribution in [3.8, 4) is 0 Å². The molecule has 0 spiro atoms. The number of benzene rings is 2. The number of nitrogens with zero attached hydrogens (tertiary/aromatic N) is 1. The van der Waals surface area contributed by atoms with Gasteiger partial charge in [0, 0.05) is 26.4 Å². The predicted octanol–water partition coefficient (Wildman–Crippen LogP) is 4.21. The van der Waals surface area contributed by atoms with Crippen LogP contribution in [0.5, 0.6) is 0 Å². The molecule has 2 rings (SSSR count). The van der Waals surface area contributed by atoms with Gasteiger partial charge in [-0.3, -0.25) is 10.1 Å². The van der Waals surface area contributed by atoms with E-state index in [0.717, 1.165) is 9.79 Å². The third kappa shape index (κ3) is 3.37. The number of carboxylic acids is 1. The van der Waals surface area contributed by atoms with Gasteiger partial charge in [-0.2, -0.15) is 0 Å². The van der Waals surface area contributed by atoms with Gasteiger partial charge >= 0.3 is 5.97 Å². The van der Waals surface area contributed by atoms with E-state index in [0.29, 0.717) is 4.47 Å². The number of carboxylic acid groups (broad SMARTS) is 1. The van der Waals surface area contributed by atoms with Gasteiger partial charge in [-0.15, -0.1) is 0 Å². The van der Waals surface area contributed by atoms with Crippen LogP contribution in [0.2, 0.25) is 0 Å². The molecule has 0 heterocycles. The Morgan fingerprint density at radius 2 is 1.75 bits per heavy atom. The smallest absolute Gasteiger partial charge is 0.336 e. The molecule has 0 aliphatic rings. The molecule has 1 N–H and O–H groups in total. The monoisotopic (exact) mass is 353 g/mol. The lowest BCUT2D eigenvalue weighted by Gasteiger charge is -2.04. The molecule has 0 saturated heterocycles. The first-order valence-electron chi connectivity index (χ1n) is 5.42. The molecule has 2 aromatic rings. The van der Waals surface area contributed by atoms with E-state index in [2.05, 4.69) is 15.9 Å². The molecular weight excluding hydrogens is 346 g/mol. The van der Waals surface area contributed by atoms with Crippen molar-refractivity contribution < 1.29 is 14.8 Å². The number of nitro benzene ring substituents is 1. The van der Waals surface area contributed by atoms with Crippen LogP contribution in [-0.2, 0) is 0 Å². The van der Waals surface area contributed by atoms with Gasteiger partial charge in [0.2, 0.25) is 0 Å². The van der Waals surface area contributed by atoms with Crippen LogP contribution in [0.15, 0.2) is 56.7 Å². The number of nitro groups is 1. The Balaban J connectivity index is 2.19. The van der Waals surface area contributed by atoms with E-state index in [9.17, 15) is 14.9 Å². The van der Waals surface area contributed by atoms with E-state index in [1.807, 2.05) is 0 Å². The summed E-state index contributed by atoms with van der Waals surface area (Å²) in [6, 6.07) is 11.1. The second-order valence-corrected chi connectivity index (χ2v) is 5.80. The summed E-state index contributed by atoms with van der Waals surface area (Å²) in [6.45, 7) is 0. The number of non-ortho nitro benzene ring substituents is 1. The van der Waals surface area contributed by atoms with Gasteiger partial charge < -0.3 is 5.11 Å². The van der Waals surface area contributed by atoms with Gasteiger partial charge in [-0.05, 0) is 46.3 Å². The zero-order valence-electron chi connectivity index (χ0n) is 9.95. The van der Waals surface area contributed by atoms with E-state index in [1.54, 1.807) is 24.3 Å². The maximum atomic E-state index is 10.9. The molecule has 0 fully saturated rings. The highest BCUT2D eigenvalue weighted by Crippen LogP contribution is 2.31. The van der Waals surface area contributed by atoms with Crippen LogP contribution in [0, 0.1) is 10.1 Å². The fourth-order valence-corrected chi connectivity index (χ4v) is 3.06. The molecule has 0 atom stereocenters. The first-order chi connectivity index (χ1) is 9.47. The van der Waals surface area contributed by atoms with Crippen LogP contribution in [-0.4, -0.2) is 16.0 Å². The molecule has 0 aliphatic heterocycles. The van der Waals surface area contributed by atoms with Gasteiger partial charge in [0.1, 0.15) is 0 Å². The van der Waals surface area contributed by atoms with Crippen molar-refractivity contribution in [1.82, 2.24) is 0 Å². The topological polar surface area (TPSA) is 80.4 Å². The molecule has 0 unspecified atom stereocenters. The van der Waals surface area contributed by atoms with E-state index < -0.39 is 10.9 Å². The number of hydrogen-bond donors (Lipinski definition) is 1. The van der Waals surface area contributed by atoms with Crippen LogP contribution in [0.4, 0.5) is 5.69 Å². The van der Waals surface area contributed by atoms with Crippen LogP contribution in [0.1, 0.15) is 10.4 Å². The minimum Gasteiger partial charge on any atom is -0.478 e. The minimum absolute atomic E-state index is 0.0387. The van der Waals surface area contributed by atoms with E-state index >= 15 is 0 Å². The maximum absolute atomic E-state index is 10.9. The van der Waals surface area contributed by atoms with Gasteiger partial charge in [0.25, 0.3) is 5.69 Å². The number of rotatable bonds is 4. The molecule has 7 heteroatoms. The molecule has 0 amide bonds. The lowest BCUT2D eigenvalue weighted by Crippen LogP contribution is -1.97. The van der Waals surface area contributed by atoms with Gasteiger partial charge in [-0.1, -0.05) is 11.8 Å². The van der Waals surface area contributed by atoms with Crippen LogP contribution >= 0.6 is 27.7 Å². The second kappa shape index (κ2) is 6.06. The quantitative estimate of drug-likeness (QED) is 0.657. The molecule has 2 aromatic carbocycles. The van der Waals surface area contributed by atoms with E-state index in [4.69, 9.17) is 5.11 Å². The summed E-state index contributed by atoms with van der Waals surface area (Å²) in [6.07, 6.45) is 0. The van der Waals surface area contributed by atoms with Crippen molar-refractivity contribution in [2.75, 3.05) is 0 Å². The molecular formula is C13H8BrNO4S. The Morgan fingerprint density at radius 3 is 2.25 bits per heavy atom. The van der Waals surface area contributed by atoms with Gasteiger partial charge in [0.05, 0.1) is 10.5 Å². The Labute approximate surface area is 126 Å². The van der Waals surface area contributed by atoms with Crippen molar-refractivity contribution in [3.63, 3.8) is 0 Å². The van der Waals surface area contributed by atoms with E-state index in [-0.39, 0.29) is 11.3 Å². The fraction of sp³-hybridized carbons (Fsp3) is 0. The van der Waals surface area contributed by atoms with Crippen molar-refractivity contribution in [2.45, 2.75) is 9.79 Å². The average Bonchev–Trinajstić information content (AvgIpc) is 2.39. The summed E-state index contributed by atoms with van der Waals surface area (Å²) in [5.74, 6) is -0.997. The Kier molecular flexibility index (Phi) is 4.41. The third-order valence-electron chi connectivity index (χ3n) is 2.45. The molecule has 0 aliphatic carbocycles. The lowest BCUT2D eigenvalue weighted by molar-refractivity contribution is -0.384. The zero-order valence-corrected chi connectivity index (χ0v) is 12.3. The zero-order chi connectivity index (χ0) is 14.7. The van der Waals surface area contributed by atoms with Crippen molar-refractivity contribution in [3.05, 3.63) is 62.6 Å². The summed E-state index contributed by atoms with van der Waals surface area (Å²) in [5.41, 5.74) is 0.231. The molecule has 102 valence electrons. The molecule has 0 aromatic heterocycles. The summed E-state index contributed by atoms with van der Waals surface area (Å²) in [5, 5.41) is 19.5. The first-order valence-corrected chi connectivity index (χ1v) is 7.03. The van der Waals surface area contributed by atoms with Crippen molar-refractivity contribution in [1.29, 1.82) is 0 Å². The molecule has 5 nitrogen and oxygen atoms in total. The van der Waals surface area contributed by atoms with Crippen LogP contribution in [0.3, 0.4) is 0 Å². The summed E-state index contributed by atoms with van der Waals surface area (Å²) < 4.78 is 0.497. The summed E-state index contributed by atoms with van der Waals surface area (Å²) in [4.78, 5) is 22.7. The molecule has 0 bridgehead atoms. The SMILES string of the molecule is O=C(O)c1ccc(Sc2ccc([N+](=O)[O-])cc2)cc1Br. The minimum atomic E-state index is -0.997.